The number of hydrogen-bond acceptors (Lipinski definition) is 6. The second-order valence-corrected chi connectivity index (χ2v) is 6.58. The van der Waals surface area contributed by atoms with Gasteiger partial charge in [-0.25, -0.2) is 13.1 Å². The summed E-state index contributed by atoms with van der Waals surface area (Å²) in [5.41, 5.74) is 0.461. The Kier molecular flexibility index (Phi) is 5.64. The molecule has 0 aliphatic carbocycles. The summed E-state index contributed by atoms with van der Waals surface area (Å²) in [7, 11) is 1.42. The molecular weight excluding hydrogens is 296 g/mol. The molecule has 0 unspecified atom stereocenters. The predicted molar refractivity (Wildman–Crippen MR) is 81.1 cm³/mol. The quantitative estimate of drug-likeness (QED) is 0.569. The van der Waals surface area contributed by atoms with E-state index in [0.717, 1.165) is 6.07 Å². The van der Waals surface area contributed by atoms with Gasteiger partial charge in [0.15, 0.2) is 0 Å². The molecule has 0 aromatic heterocycles. The van der Waals surface area contributed by atoms with Gasteiger partial charge in [-0.2, -0.15) is 0 Å². The molecule has 0 heterocycles. The standard InChI is InChI=1S/C12H20N4O4S/c1-9-7-10(13-2)11(16(17)18)8-12(9)21(19,20)14-5-6-15(3)4/h7-8,13-14H,5-6H2,1-4H3. The molecule has 0 radical (unpaired) electrons. The third-order valence-electron chi connectivity index (χ3n) is 2.90. The van der Waals surface area contributed by atoms with Gasteiger partial charge in [0.05, 0.1) is 9.82 Å². The van der Waals surface area contributed by atoms with Crippen molar-refractivity contribution in [1.82, 2.24) is 9.62 Å². The first-order chi connectivity index (χ1) is 9.69. The highest BCUT2D eigenvalue weighted by Crippen LogP contribution is 2.30. The second kappa shape index (κ2) is 6.83. The van der Waals surface area contributed by atoms with Crippen LogP contribution in [0.4, 0.5) is 11.4 Å². The summed E-state index contributed by atoms with van der Waals surface area (Å²) in [5, 5.41) is 13.7. The van der Waals surface area contributed by atoms with E-state index in [2.05, 4.69) is 10.0 Å². The first-order valence-corrected chi connectivity index (χ1v) is 7.78. The minimum Gasteiger partial charge on any atom is -0.383 e. The fourth-order valence-corrected chi connectivity index (χ4v) is 3.06. The average Bonchev–Trinajstić information content (AvgIpc) is 2.36. The first kappa shape index (κ1) is 17.3. The highest BCUT2D eigenvalue weighted by Gasteiger charge is 2.23. The molecule has 0 aliphatic heterocycles. The number of aryl methyl sites for hydroxylation is 1. The van der Waals surface area contributed by atoms with Gasteiger partial charge in [0.25, 0.3) is 5.69 Å². The van der Waals surface area contributed by atoms with Gasteiger partial charge in [0.2, 0.25) is 10.0 Å². The average molecular weight is 316 g/mol. The number of nitrogens with zero attached hydrogens (tertiary/aromatic N) is 2. The van der Waals surface area contributed by atoms with Crippen LogP contribution in [0.3, 0.4) is 0 Å². The van der Waals surface area contributed by atoms with E-state index in [-0.39, 0.29) is 22.8 Å². The molecule has 8 nitrogen and oxygen atoms in total. The molecule has 1 aromatic rings. The molecule has 21 heavy (non-hydrogen) atoms. The lowest BCUT2D eigenvalue weighted by atomic mass is 10.2. The number of nitro groups is 1. The SMILES string of the molecule is CNc1cc(C)c(S(=O)(=O)NCCN(C)C)cc1[N+](=O)[O-]. The third-order valence-corrected chi connectivity index (χ3v) is 4.50. The van der Waals surface area contributed by atoms with Gasteiger partial charge in [-0.15, -0.1) is 0 Å². The Balaban J connectivity index is 3.17. The van der Waals surface area contributed by atoms with Crippen molar-refractivity contribution in [3.8, 4) is 0 Å². The van der Waals surface area contributed by atoms with Gasteiger partial charge in [0, 0.05) is 26.2 Å². The monoisotopic (exact) mass is 316 g/mol. The Morgan fingerprint density at radius 3 is 2.43 bits per heavy atom. The normalized spacial score (nSPS) is 11.7. The number of rotatable bonds is 7. The Hall–Kier alpha value is -1.71. The number of benzene rings is 1. The lowest BCUT2D eigenvalue weighted by Gasteiger charge is -2.13. The number of anilines is 1. The molecule has 0 bridgehead atoms. The van der Waals surface area contributed by atoms with Crippen molar-refractivity contribution in [2.45, 2.75) is 11.8 Å². The first-order valence-electron chi connectivity index (χ1n) is 6.30. The summed E-state index contributed by atoms with van der Waals surface area (Å²) >= 11 is 0. The van der Waals surface area contributed by atoms with Crippen LogP contribution in [-0.4, -0.2) is 52.5 Å². The van der Waals surface area contributed by atoms with E-state index in [9.17, 15) is 18.5 Å². The molecule has 0 saturated carbocycles. The Morgan fingerprint density at radius 2 is 1.95 bits per heavy atom. The van der Waals surface area contributed by atoms with Crippen LogP contribution >= 0.6 is 0 Å². The van der Waals surface area contributed by atoms with Gasteiger partial charge in [-0.05, 0) is 32.6 Å². The summed E-state index contributed by atoms with van der Waals surface area (Å²) in [6, 6.07) is 2.54. The number of sulfonamides is 1. The van der Waals surface area contributed by atoms with Crippen molar-refractivity contribution >= 4 is 21.4 Å². The van der Waals surface area contributed by atoms with E-state index >= 15 is 0 Å². The molecule has 0 spiro atoms. The zero-order valence-corrected chi connectivity index (χ0v) is 13.3. The Bertz CT molecular complexity index is 628. The summed E-state index contributed by atoms with van der Waals surface area (Å²) < 4.78 is 26.9. The van der Waals surface area contributed by atoms with E-state index in [1.165, 1.54) is 6.07 Å². The molecule has 118 valence electrons. The highest BCUT2D eigenvalue weighted by atomic mass is 32.2. The van der Waals surface area contributed by atoms with Crippen molar-refractivity contribution in [2.24, 2.45) is 0 Å². The minimum absolute atomic E-state index is 0.0769. The smallest absolute Gasteiger partial charge is 0.293 e. The zero-order valence-electron chi connectivity index (χ0n) is 12.5. The van der Waals surface area contributed by atoms with Crippen molar-refractivity contribution < 1.29 is 13.3 Å². The fourth-order valence-electron chi connectivity index (χ4n) is 1.80. The number of nitro benzene ring substituents is 1. The van der Waals surface area contributed by atoms with Crippen LogP contribution in [0.2, 0.25) is 0 Å². The van der Waals surface area contributed by atoms with E-state index in [4.69, 9.17) is 0 Å². The van der Waals surface area contributed by atoms with Crippen molar-refractivity contribution in [1.29, 1.82) is 0 Å². The summed E-state index contributed by atoms with van der Waals surface area (Å²) in [4.78, 5) is 12.2. The minimum atomic E-state index is -3.78. The molecule has 9 heteroatoms. The van der Waals surface area contributed by atoms with Crippen LogP contribution in [-0.2, 0) is 10.0 Å². The zero-order chi connectivity index (χ0) is 16.2. The molecule has 0 fully saturated rings. The van der Waals surface area contributed by atoms with Gasteiger partial charge in [-0.3, -0.25) is 10.1 Å². The number of hydrogen-bond donors (Lipinski definition) is 2. The maximum Gasteiger partial charge on any atom is 0.293 e. The molecule has 0 saturated heterocycles. The van der Waals surface area contributed by atoms with Crippen molar-refractivity contribution in [3.63, 3.8) is 0 Å². The van der Waals surface area contributed by atoms with E-state index in [1.54, 1.807) is 14.0 Å². The lowest BCUT2D eigenvalue weighted by Crippen LogP contribution is -2.31. The van der Waals surface area contributed by atoms with E-state index in [1.807, 2.05) is 19.0 Å². The number of likely N-dealkylation sites (N-methyl/N-ethyl adjacent to an activating group) is 1. The summed E-state index contributed by atoms with van der Waals surface area (Å²) in [6.45, 7) is 2.37. The molecule has 0 amide bonds. The molecule has 0 aliphatic rings. The lowest BCUT2D eigenvalue weighted by molar-refractivity contribution is -0.384. The van der Waals surface area contributed by atoms with Crippen molar-refractivity contribution in [2.75, 3.05) is 39.5 Å². The molecule has 2 N–H and O–H groups in total. The van der Waals surface area contributed by atoms with Gasteiger partial charge in [0.1, 0.15) is 5.69 Å². The van der Waals surface area contributed by atoms with Crippen LogP contribution in [0.1, 0.15) is 5.56 Å². The predicted octanol–water partition coefficient (Wildman–Crippen LogP) is 0.785. The van der Waals surface area contributed by atoms with E-state index < -0.39 is 14.9 Å². The molecular formula is C12H20N4O4S. The molecule has 1 aromatic carbocycles. The molecule has 0 atom stereocenters. The Labute approximate surface area is 124 Å². The van der Waals surface area contributed by atoms with Crippen LogP contribution in [0.5, 0.6) is 0 Å². The van der Waals surface area contributed by atoms with Crippen LogP contribution < -0.4 is 10.0 Å². The fraction of sp³-hybridized carbons (Fsp3) is 0.500. The second-order valence-electron chi connectivity index (χ2n) is 4.84. The highest BCUT2D eigenvalue weighted by molar-refractivity contribution is 7.89. The maximum atomic E-state index is 12.2. The number of nitrogens with one attached hydrogen (secondary N) is 2. The summed E-state index contributed by atoms with van der Waals surface area (Å²) in [5.74, 6) is 0. The van der Waals surface area contributed by atoms with Crippen LogP contribution in [0.15, 0.2) is 17.0 Å². The topological polar surface area (TPSA) is 105 Å². The van der Waals surface area contributed by atoms with Crippen LogP contribution in [0.25, 0.3) is 0 Å². The van der Waals surface area contributed by atoms with Gasteiger partial charge in [-0.1, -0.05) is 0 Å². The largest absolute Gasteiger partial charge is 0.383 e. The maximum absolute atomic E-state index is 12.2. The molecule has 1 rings (SSSR count). The van der Waals surface area contributed by atoms with Gasteiger partial charge >= 0.3 is 0 Å². The Morgan fingerprint density at radius 1 is 1.33 bits per heavy atom. The summed E-state index contributed by atoms with van der Waals surface area (Å²) in [6.07, 6.45) is 0. The van der Waals surface area contributed by atoms with E-state index in [0.29, 0.717) is 12.1 Å². The van der Waals surface area contributed by atoms with Crippen molar-refractivity contribution in [3.05, 3.63) is 27.8 Å². The third kappa shape index (κ3) is 4.38. The van der Waals surface area contributed by atoms with Crippen LogP contribution in [0, 0.1) is 17.0 Å². The van der Waals surface area contributed by atoms with Gasteiger partial charge < -0.3 is 10.2 Å².